The molecular weight excluding hydrogens is 222 g/mol. The van der Waals surface area contributed by atoms with Crippen LogP contribution in [0.25, 0.3) is 11.0 Å². The predicted octanol–water partition coefficient (Wildman–Crippen LogP) is 3.12. The van der Waals surface area contributed by atoms with Gasteiger partial charge in [0.15, 0.2) is 0 Å². The van der Waals surface area contributed by atoms with Gasteiger partial charge in [-0.2, -0.15) is 0 Å². The lowest BCUT2D eigenvalue weighted by atomic mass is 10.1. The molecule has 0 spiro atoms. The van der Waals surface area contributed by atoms with E-state index in [1.54, 1.807) is 5.57 Å². The first-order valence-electron chi connectivity index (χ1n) is 6.62. The normalized spacial score (nSPS) is 16.1. The SMILES string of the molecule is CCC1=CCN(c2cn(C)c3ncccc23)CC1. The maximum absolute atomic E-state index is 4.45. The molecule has 0 amide bonds. The summed E-state index contributed by atoms with van der Waals surface area (Å²) in [5.41, 5.74) is 3.97. The molecule has 0 bridgehead atoms. The van der Waals surface area contributed by atoms with E-state index in [2.05, 4.69) is 46.8 Å². The maximum Gasteiger partial charge on any atom is 0.141 e. The molecule has 0 aliphatic carbocycles. The number of hydrogen-bond acceptors (Lipinski definition) is 2. The molecule has 0 fully saturated rings. The van der Waals surface area contributed by atoms with E-state index < -0.39 is 0 Å². The molecule has 2 aromatic heterocycles. The summed E-state index contributed by atoms with van der Waals surface area (Å²) in [5, 5.41) is 1.26. The van der Waals surface area contributed by atoms with Crippen LogP contribution in [0.1, 0.15) is 19.8 Å². The van der Waals surface area contributed by atoms with E-state index in [0.717, 1.165) is 18.7 Å². The summed E-state index contributed by atoms with van der Waals surface area (Å²) < 4.78 is 2.11. The Kier molecular flexibility index (Phi) is 2.82. The van der Waals surface area contributed by atoms with Gasteiger partial charge >= 0.3 is 0 Å². The van der Waals surface area contributed by atoms with Crippen molar-refractivity contribution in [2.24, 2.45) is 7.05 Å². The fourth-order valence-electron chi connectivity index (χ4n) is 2.70. The molecule has 1 aliphatic rings. The molecule has 18 heavy (non-hydrogen) atoms. The van der Waals surface area contributed by atoms with Gasteiger partial charge in [0.1, 0.15) is 5.65 Å². The Balaban J connectivity index is 1.98. The highest BCUT2D eigenvalue weighted by Crippen LogP contribution is 2.29. The molecule has 0 saturated heterocycles. The van der Waals surface area contributed by atoms with Gasteiger partial charge in [0.05, 0.1) is 5.69 Å². The van der Waals surface area contributed by atoms with Gasteiger partial charge in [-0.15, -0.1) is 0 Å². The molecule has 0 N–H and O–H groups in total. The van der Waals surface area contributed by atoms with Crippen molar-refractivity contribution in [1.82, 2.24) is 9.55 Å². The number of aromatic nitrogens is 2. The van der Waals surface area contributed by atoms with Crippen LogP contribution in [0.5, 0.6) is 0 Å². The molecule has 94 valence electrons. The lowest BCUT2D eigenvalue weighted by Gasteiger charge is -2.27. The summed E-state index contributed by atoms with van der Waals surface area (Å²) in [6.45, 7) is 4.38. The smallest absolute Gasteiger partial charge is 0.141 e. The summed E-state index contributed by atoms with van der Waals surface area (Å²) in [4.78, 5) is 6.90. The zero-order chi connectivity index (χ0) is 12.5. The van der Waals surface area contributed by atoms with Gasteiger partial charge < -0.3 is 9.47 Å². The van der Waals surface area contributed by atoms with Crippen LogP contribution in [0.4, 0.5) is 5.69 Å². The first-order valence-corrected chi connectivity index (χ1v) is 6.62. The molecule has 0 atom stereocenters. The van der Waals surface area contributed by atoms with Crippen LogP contribution < -0.4 is 4.90 Å². The van der Waals surface area contributed by atoms with Gasteiger partial charge in [-0.25, -0.2) is 4.98 Å². The Morgan fingerprint density at radius 2 is 2.28 bits per heavy atom. The summed E-state index contributed by atoms with van der Waals surface area (Å²) >= 11 is 0. The number of rotatable bonds is 2. The van der Waals surface area contributed by atoms with Gasteiger partial charge in [-0.1, -0.05) is 18.6 Å². The van der Waals surface area contributed by atoms with E-state index in [-0.39, 0.29) is 0 Å². The van der Waals surface area contributed by atoms with E-state index in [1.165, 1.54) is 23.9 Å². The molecule has 3 heteroatoms. The highest BCUT2D eigenvalue weighted by atomic mass is 15.2. The zero-order valence-electron chi connectivity index (χ0n) is 11.1. The van der Waals surface area contributed by atoms with Crippen molar-refractivity contribution >= 4 is 16.7 Å². The summed E-state index contributed by atoms with van der Waals surface area (Å²) in [5.74, 6) is 0. The quantitative estimate of drug-likeness (QED) is 0.753. The van der Waals surface area contributed by atoms with E-state index in [0.29, 0.717) is 0 Å². The highest BCUT2D eigenvalue weighted by molar-refractivity contribution is 5.91. The largest absolute Gasteiger partial charge is 0.366 e. The summed E-state index contributed by atoms with van der Waals surface area (Å²) in [7, 11) is 2.07. The number of fused-ring (bicyclic) bond motifs is 1. The van der Waals surface area contributed by atoms with Crippen LogP contribution in [-0.2, 0) is 7.05 Å². The minimum atomic E-state index is 1.02. The molecule has 0 unspecified atom stereocenters. The third-order valence-electron chi connectivity index (χ3n) is 3.81. The third-order valence-corrected chi connectivity index (χ3v) is 3.81. The van der Waals surface area contributed by atoms with Crippen LogP contribution in [0, 0.1) is 0 Å². The maximum atomic E-state index is 4.45. The third kappa shape index (κ3) is 1.80. The van der Waals surface area contributed by atoms with Gasteiger partial charge in [-0.3, -0.25) is 0 Å². The fourth-order valence-corrected chi connectivity index (χ4v) is 2.70. The van der Waals surface area contributed by atoms with Crippen molar-refractivity contribution in [3.05, 3.63) is 36.2 Å². The molecule has 0 aromatic carbocycles. The van der Waals surface area contributed by atoms with E-state index in [1.807, 2.05) is 12.3 Å². The Labute approximate surface area is 108 Å². The first kappa shape index (κ1) is 11.3. The van der Waals surface area contributed by atoms with Crippen molar-refractivity contribution in [2.75, 3.05) is 18.0 Å². The van der Waals surface area contributed by atoms with Crippen molar-refractivity contribution in [1.29, 1.82) is 0 Å². The van der Waals surface area contributed by atoms with Crippen molar-refractivity contribution in [3.8, 4) is 0 Å². The lowest BCUT2D eigenvalue weighted by Crippen LogP contribution is -2.28. The van der Waals surface area contributed by atoms with E-state index in [9.17, 15) is 0 Å². The number of hydrogen-bond donors (Lipinski definition) is 0. The molecule has 0 radical (unpaired) electrons. The van der Waals surface area contributed by atoms with Crippen LogP contribution in [0.15, 0.2) is 36.2 Å². The zero-order valence-corrected chi connectivity index (χ0v) is 11.1. The Bertz CT molecular complexity index is 595. The second kappa shape index (κ2) is 4.48. The van der Waals surface area contributed by atoms with Crippen LogP contribution in [0.2, 0.25) is 0 Å². The van der Waals surface area contributed by atoms with E-state index in [4.69, 9.17) is 0 Å². The number of pyridine rings is 1. The molecule has 3 nitrogen and oxygen atoms in total. The summed E-state index contributed by atoms with van der Waals surface area (Å²) in [6, 6.07) is 4.18. The predicted molar refractivity (Wildman–Crippen MR) is 75.9 cm³/mol. The Morgan fingerprint density at radius 1 is 1.39 bits per heavy atom. The lowest BCUT2D eigenvalue weighted by molar-refractivity contribution is 0.763. The Hall–Kier alpha value is -1.77. The standard InChI is InChI=1S/C15H19N3/c1-3-12-6-9-18(10-7-12)14-11-17(2)15-13(14)5-4-8-16-15/h4-6,8,11H,3,7,9-10H2,1-2H3. The van der Waals surface area contributed by atoms with Crippen LogP contribution in [0.3, 0.4) is 0 Å². The average molecular weight is 241 g/mol. The molecule has 0 saturated carbocycles. The van der Waals surface area contributed by atoms with Gasteiger partial charge in [0.25, 0.3) is 0 Å². The molecule has 3 heterocycles. The topological polar surface area (TPSA) is 21.1 Å². The van der Waals surface area contributed by atoms with Gasteiger partial charge in [0, 0.05) is 37.9 Å². The van der Waals surface area contributed by atoms with Crippen molar-refractivity contribution < 1.29 is 0 Å². The summed E-state index contributed by atoms with van der Waals surface area (Å²) in [6.07, 6.45) is 8.80. The molecule has 2 aromatic rings. The van der Waals surface area contributed by atoms with E-state index >= 15 is 0 Å². The number of nitrogens with zero attached hydrogens (tertiary/aromatic N) is 3. The minimum Gasteiger partial charge on any atom is -0.366 e. The Morgan fingerprint density at radius 3 is 3.00 bits per heavy atom. The van der Waals surface area contributed by atoms with Crippen molar-refractivity contribution in [2.45, 2.75) is 19.8 Å². The van der Waals surface area contributed by atoms with Gasteiger partial charge in [-0.05, 0) is 25.0 Å². The molecule has 1 aliphatic heterocycles. The molecular formula is C15H19N3. The first-order chi connectivity index (χ1) is 8.79. The second-order valence-electron chi connectivity index (χ2n) is 4.91. The van der Waals surface area contributed by atoms with Gasteiger partial charge in [0.2, 0.25) is 0 Å². The van der Waals surface area contributed by atoms with Crippen molar-refractivity contribution in [3.63, 3.8) is 0 Å². The number of aryl methyl sites for hydroxylation is 1. The fraction of sp³-hybridized carbons (Fsp3) is 0.400. The highest BCUT2D eigenvalue weighted by Gasteiger charge is 2.16. The second-order valence-corrected chi connectivity index (χ2v) is 4.91. The minimum absolute atomic E-state index is 1.02. The average Bonchev–Trinajstić information content (AvgIpc) is 2.77. The van der Waals surface area contributed by atoms with Crippen LogP contribution >= 0.6 is 0 Å². The van der Waals surface area contributed by atoms with Crippen LogP contribution in [-0.4, -0.2) is 22.6 Å². The monoisotopic (exact) mass is 241 g/mol. The number of anilines is 1. The molecule has 3 rings (SSSR count).